The highest BCUT2D eigenvalue weighted by molar-refractivity contribution is 9.10. The second kappa shape index (κ2) is 13.3. The molecule has 0 fully saturated rings. The van der Waals surface area contributed by atoms with Crippen molar-refractivity contribution in [2.75, 3.05) is 36.4 Å². The number of benzene rings is 1. The molecule has 3 rings (SSSR count). The Morgan fingerprint density at radius 1 is 0.938 bits per heavy atom. The first kappa shape index (κ1) is 23.5. The zero-order chi connectivity index (χ0) is 22.4. The van der Waals surface area contributed by atoms with Crippen molar-refractivity contribution in [3.8, 4) is 0 Å². The topological polar surface area (TPSA) is 91.5 Å². The van der Waals surface area contributed by atoms with E-state index in [1.165, 1.54) is 5.56 Å². The Kier molecular flexibility index (Phi) is 9.79. The number of aliphatic imine (C=N–C) groups is 1. The quantitative estimate of drug-likeness (QED) is 0.199. The highest BCUT2D eigenvalue weighted by Crippen LogP contribution is 2.17. The fourth-order valence-corrected chi connectivity index (χ4v) is 3.40. The number of pyridine rings is 2. The van der Waals surface area contributed by atoms with Crippen molar-refractivity contribution in [3.05, 3.63) is 83.1 Å². The lowest BCUT2D eigenvalue weighted by atomic mass is 10.2. The van der Waals surface area contributed by atoms with Gasteiger partial charge >= 0.3 is 0 Å². The molecular formula is C24H30BrN7. The summed E-state index contributed by atoms with van der Waals surface area (Å²) in [5.41, 5.74) is 7.25. The highest BCUT2D eigenvalue weighted by atomic mass is 79.9. The van der Waals surface area contributed by atoms with E-state index in [0.29, 0.717) is 12.5 Å². The molecule has 32 heavy (non-hydrogen) atoms. The number of hydrogen-bond acceptors (Lipinski definition) is 5. The first-order chi connectivity index (χ1) is 15.7. The molecule has 2 aromatic heterocycles. The van der Waals surface area contributed by atoms with Crippen LogP contribution in [0.5, 0.6) is 0 Å². The molecule has 0 spiro atoms. The molecule has 0 aliphatic rings. The molecule has 7 nitrogen and oxygen atoms in total. The van der Waals surface area contributed by atoms with Gasteiger partial charge in [-0.2, -0.15) is 0 Å². The summed E-state index contributed by atoms with van der Waals surface area (Å²) < 4.78 is 1.08. The van der Waals surface area contributed by atoms with E-state index in [2.05, 4.69) is 70.7 Å². The van der Waals surface area contributed by atoms with Gasteiger partial charge in [0.05, 0.1) is 0 Å². The van der Waals surface area contributed by atoms with E-state index in [9.17, 15) is 0 Å². The Balaban J connectivity index is 1.39. The fraction of sp³-hybridized carbons (Fsp3) is 0.292. The molecule has 0 atom stereocenters. The number of aromatic nitrogens is 2. The van der Waals surface area contributed by atoms with Crippen LogP contribution in [0.4, 0.5) is 11.6 Å². The predicted molar refractivity (Wildman–Crippen MR) is 136 cm³/mol. The molecule has 1 aromatic carbocycles. The zero-order valence-electron chi connectivity index (χ0n) is 18.1. The molecule has 0 saturated heterocycles. The lowest BCUT2D eigenvalue weighted by molar-refractivity contribution is 0.721. The molecule has 2 heterocycles. The maximum Gasteiger partial charge on any atom is 0.188 e. The van der Waals surface area contributed by atoms with Gasteiger partial charge in [-0.3, -0.25) is 4.99 Å². The van der Waals surface area contributed by atoms with Crippen LogP contribution in [0, 0.1) is 0 Å². The van der Waals surface area contributed by atoms with Crippen molar-refractivity contribution in [3.63, 3.8) is 0 Å². The van der Waals surface area contributed by atoms with E-state index in [-0.39, 0.29) is 0 Å². The lowest BCUT2D eigenvalue weighted by Gasteiger charge is -2.23. The summed E-state index contributed by atoms with van der Waals surface area (Å²) in [6, 6.07) is 20.2. The van der Waals surface area contributed by atoms with Crippen molar-refractivity contribution < 1.29 is 0 Å². The van der Waals surface area contributed by atoms with Crippen LogP contribution in [0.2, 0.25) is 0 Å². The van der Waals surface area contributed by atoms with E-state index in [4.69, 9.17) is 5.73 Å². The van der Waals surface area contributed by atoms with Crippen molar-refractivity contribution in [2.24, 2.45) is 10.7 Å². The van der Waals surface area contributed by atoms with Crippen LogP contribution in [0.25, 0.3) is 0 Å². The molecule has 0 aliphatic heterocycles. The van der Waals surface area contributed by atoms with E-state index in [0.717, 1.165) is 55.1 Å². The maximum absolute atomic E-state index is 6.01. The van der Waals surface area contributed by atoms with Gasteiger partial charge in [0.25, 0.3) is 0 Å². The average Bonchev–Trinajstić information content (AvgIpc) is 2.83. The number of nitrogens with two attached hydrogens (primary N) is 1. The predicted octanol–water partition coefficient (Wildman–Crippen LogP) is 4.04. The zero-order valence-corrected chi connectivity index (χ0v) is 19.7. The van der Waals surface area contributed by atoms with Crippen LogP contribution in [0.3, 0.4) is 0 Å². The Morgan fingerprint density at radius 3 is 2.44 bits per heavy atom. The number of halogens is 1. The second-order valence-corrected chi connectivity index (χ2v) is 8.19. The van der Waals surface area contributed by atoms with Crippen LogP contribution in [0.1, 0.15) is 18.4 Å². The third-order valence-corrected chi connectivity index (χ3v) is 5.29. The van der Waals surface area contributed by atoms with Gasteiger partial charge in [0.15, 0.2) is 5.96 Å². The monoisotopic (exact) mass is 495 g/mol. The molecule has 0 bridgehead atoms. The van der Waals surface area contributed by atoms with Gasteiger partial charge in [0.2, 0.25) is 0 Å². The third kappa shape index (κ3) is 8.55. The number of guanidine groups is 1. The standard InChI is InChI=1S/C24H30BrN7/c25-21-11-9-20(10-12-21)19-32(23-8-2-4-14-29-23)18-6-17-31-24(26)30-16-5-15-28-22-7-1-3-13-27-22/h1-4,7-14H,5-6,15-19H2,(H,27,28)(H3,26,30,31). The second-order valence-electron chi connectivity index (χ2n) is 7.28. The smallest absolute Gasteiger partial charge is 0.188 e. The molecule has 0 amide bonds. The molecule has 4 N–H and O–H groups in total. The van der Waals surface area contributed by atoms with Crippen molar-refractivity contribution in [2.45, 2.75) is 19.4 Å². The van der Waals surface area contributed by atoms with E-state index in [1.54, 1.807) is 6.20 Å². The largest absolute Gasteiger partial charge is 0.370 e. The van der Waals surface area contributed by atoms with Gasteiger partial charge in [-0.1, -0.05) is 40.2 Å². The molecule has 3 aromatic rings. The molecule has 8 heteroatoms. The number of rotatable bonds is 12. The summed E-state index contributed by atoms with van der Waals surface area (Å²) in [7, 11) is 0. The lowest BCUT2D eigenvalue weighted by Crippen LogP contribution is -2.33. The summed E-state index contributed by atoms with van der Waals surface area (Å²) in [5, 5.41) is 6.45. The third-order valence-electron chi connectivity index (χ3n) is 4.76. The fourth-order valence-electron chi connectivity index (χ4n) is 3.13. The minimum absolute atomic E-state index is 0.486. The van der Waals surface area contributed by atoms with Crippen LogP contribution in [0.15, 0.2) is 82.5 Å². The number of anilines is 2. The molecule has 0 saturated carbocycles. The average molecular weight is 496 g/mol. The number of hydrogen-bond donors (Lipinski definition) is 3. The van der Waals surface area contributed by atoms with E-state index in [1.807, 2.05) is 42.6 Å². The van der Waals surface area contributed by atoms with Gasteiger partial charge in [-0.05, 0) is 54.8 Å². The highest BCUT2D eigenvalue weighted by Gasteiger charge is 2.08. The van der Waals surface area contributed by atoms with Crippen LogP contribution in [-0.2, 0) is 6.54 Å². The molecule has 0 aliphatic carbocycles. The Bertz CT molecular complexity index is 934. The van der Waals surface area contributed by atoms with Crippen LogP contribution in [-0.4, -0.2) is 42.1 Å². The summed E-state index contributed by atoms with van der Waals surface area (Å²) in [4.78, 5) is 15.5. The number of nitrogens with one attached hydrogen (secondary N) is 2. The minimum Gasteiger partial charge on any atom is -0.370 e. The van der Waals surface area contributed by atoms with Crippen molar-refractivity contribution >= 4 is 33.5 Å². The van der Waals surface area contributed by atoms with Crippen LogP contribution >= 0.6 is 15.9 Å². The number of nitrogens with zero attached hydrogens (tertiary/aromatic N) is 4. The van der Waals surface area contributed by atoms with Gasteiger partial charge in [-0.15, -0.1) is 0 Å². The first-order valence-electron chi connectivity index (χ1n) is 10.8. The summed E-state index contributed by atoms with van der Waals surface area (Å²) >= 11 is 3.49. The van der Waals surface area contributed by atoms with Gasteiger partial charge in [0, 0.05) is 49.6 Å². The van der Waals surface area contributed by atoms with Crippen LogP contribution < -0.4 is 21.3 Å². The maximum atomic E-state index is 6.01. The summed E-state index contributed by atoms with van der Waals surface area (Å²) in [6.07, 6.45) is 5.41. The van der Waals surface area contributed by atoms with Gasteiger partial charge in [0.1, 0.15) is 11.6 Å². The molecule has 168 valence electrons. The molecule has 0 unspecified atom stereocenters. The summed E-state index contributed by atoms with van der Waals surface area (Å²) in [5.74, 6) is 2.33. The Hall–Kier alpha value is -3.13. The SMILES string of the molecule is NC(=NCCCN(Cc1ccc(Br)cc1)c1ccccn1)NCCCNc1ccccn1. The minimum atomic E-state index is 0.486. The van der Waals surface area contributed by atoms with Crippen molar-refractivity contribution in [1.29, 1.82) is 0 Å². The van der Waals surface area contributed by atoms with Crippen molar-refractivity contribution in [1.82, 2.24) is 15.3 Å². The Morgan fingerprint density at radius 2 is 1.72 bits per heavy atom. The molecule has 0 radical (unpaired) electrons. The summed E-state index contributed by atoms with van der Waals surface area (Å²) in [6.45, 7) is 3.89. The van der Waals surface area contributed by atoms with E-state index < -0.39 is 0 Å². The first-order valence-corrected chi connectivity index (χ1v) is 11.6. The normalized spacial score (nSPS) is 11.2. The van der Waals surface area contributed by atoms with Gasteiger partial charge in [-0.25, -0.2) is 9.97 Å². The Labute approximate surface area is 198 Å². The van der Waals surface area contributed by atoms with Gasteiger partial charge < -0.3 is 21.3 Å². The molecular weight excluding hydrogens is 466 g/mol. The van der Waals surface area contributed by atoms with E-state index >= 15 is 0 Å².